The summed E-state index contributed by atoms with van der Waals surface area (Å²) >= 11 is 0. The Labute approximate surface area is 56.2 Å². The topological polar surface area (TPSA) is 26.3 Å². The average molecular weight is 272 g/mol. The minimum absolute atomic E-state index is 0. The van der Waals surface area contributed by atoms with Gasteiger partial charge >= 0.3 is 5.97 Å². The van der Waals surface area contributed by atoms with E-state index in [4.69, 9.17) is 0 Å². The number of carbonyl (C=O) groups is 1. The average Bonchev–Trinajstić information content (AvgIpc) is 1.35. The summed E-state index contributed by atoms with van der Waals surface area (Å²) in [7, 11) is 0. The molecule has 0 atom stereocenters. The first-order valence-electron chi connectivity index (χ1n) is 1.55. The maximum Gasteiger partial charge on any atom is 0.307 e. The molecule has 0 heterocycles. The second-order valence-electron chi connectivity index (χ2n) is 0.776. The molecule has 0 N–H and O–H groups in total. The molecule has 1 radical (unpaired) electrons. The summed E-state index contributed by atoms with van der Waals surface area (Å²) in [6.07, 6.45) is 1.10. The van der Waals surface area contributed by atoms with Gasteiger partial charge < -0.3 is 4.74 Å². The SMILES string of the molecule is C=COC(C)=O.[Re]. The van der Waals surface area contributed by atoms with Gasteiger partial charge in [-0.1, -0.05) is 6.58 Å². The molecule has 3 heteroatoms. The van der Waals surface area contributed by atoms with E-state index in [0.717, 1.165) is 6.26 Å². The van der Waals surface area contributed by atoms with Gasteiger partial charge in [0, 0.05) is 27.3 Å². The molecule has 0 rings (SSSR count). The fourth-order valence-electron chi connectivity index (χ4n) is 0.117. The Bertz CT molecular complexity index is 70.1. The van der Waals surface area contributed by atoms with Crippen LogP contribution >= 0.6 is 0 Å². The van der Waals surface area contributed by atoms with Gasteiger partial charge in [-0.2, -0.15) is 0 Å². The van der Waals surface area contributed by atoms with Gasteiger partial charge in [0.2, 0.25) is 0 Å². The molecule has 0 saturated heterocycles. The van der Waals surface area contributed by atoms with Crippen molar-refractivity contribution >= 4 is 5.97 Å². The molecule has 0 saturated carbocycles. The zero-order valence-corrected chi connectivity index (χ0v) is 6.69. The van der Waals surface area contributed by atoms with E-state index in [0.29, 0.717) is 0 Å². The van der Waals surface area contributed by atoms with Crippen LogP contribution in [0.25, 0.3) is 0 Å². The van der Waals surface area contributed by atoms with Crippen molar-refractivity contribution in [1.29, 1.82) is 0 Å². The minimum Gasteiger partial charge on any atom is -0.435 e. The van der Waals surface area contributed by atoms with E-state index in [1.807, 2.05) is 0 Å². The van der Waals surface area contributed by atoms with Crippen LogP contribution < -0.4 is 0 Å². The molecule has 0 fully saturated rings. The van der Waals surface area contributed by atoms with Crippen molar-refractivity contribution in [2.24, 2.45) is 0 Å². The molecule has 0 unspecified atom stereocenters. The van der Waals surface area contributed by atoms with Crippen LogP contribution in [0.3, 0.4) is 0 Å². The summed E-state index contributed by atoms with van der Waals surface area (Å²) in [6.45, 7) is 4.48. The van der Waals surface area contributed by atoms with Crippen LogP contribution in [0.15, 0.2) is 12.8 Å². The van der Waals surface area contributed by atoms with E-state index >= 15 is 0 Å². The van der Waals surface area contributed by atoms with E-state index < -0.39 is 0 Å². The summed E-state index contributed by atoms with van der Waals surface area (Å²) in [5.41, 5.74) is 0. The third-order valence-corrected chi connectivity index (χ3v) is 0.249. The number of esters is 1. The Hall–Kier alpha value is -0.128. The van der Waals surface area contributed by atoms with E-state index in [-0.39, 0.29) is 26.4 Å². The molecule has 0 aromatic carbocycles. The maximum absolute atomic E-state index is 9.75. The van der Waals surface area contributed by atoms with Crippen LogP contribution in [-0.2, 0) is 30.0 Å². The van der Waals surface area contributed by atoms with E-state index in [2.05, 4.69) is 11.3 Å². The first-order valence-corrected chi connectivity index (χ1v) is 1.55. The molecule has 0 aliphatic heterocycles. The Morgan fingerprint density at radius 1 is 1.86 bits per heavy atom. The van der Waals surface area contributed by atoms with Crippen molar-refractivity contribution in [1.82, 2.24) is 0 Å². The normalized spacial score (nSPS) is 5.86. The van der Waals surface area contributed by atoms with Crippen molar-refractivity contribution in [3.05, 3.63) is 12.8 Å². The number of hydrogen-bond acceptors (Lipinski definition) is 2. The smallest absolute Gasteiger partial charge is 0.307 e. The zero-order valence-electron chi connectivity index (χ0n) is 3.98. The second-order valence-corrected chi connectivity index (χ2v) is 0.776. The van der Waals surface area contributed by atoms with E-state index in [1.54, 1.807) is 0 Å². The second kappa shape index (κ2) is 5.87. The Morgan fingerprint density at radius 3 is 2.29 bits per heavy atom. The summed E-state index contributed by atoms with van der Waals surface area (Å²) in [4.78, 5) is 9.75. The standard InChI is InChI=1S/C4H6O2.Re/c1-3-6-4(2)5;/h3H,1H2,2H3;. The van der Waals surface area contributed by atoms with Crippen LogP contribution in [0.2, 0.25) is 0 Å². The maximum atomic E-state index is 9.75. The van der Waals surface area contributed by atoms with Crippen LogP contribution in [-0.4, -0.2) is 5.97 Å². The molecule has 0 aromatic heterocycles. The van der Waals surface area contributed by atoms with Crippen LogP contribution in [0.4, 0.5) is 0 Å². The summed E-state index contributed by atoms with van der Waals surface area (Å²) < 4.78 is 4.17. The molecule has 7 heavy (non-hydrogen) atoms. The zero-order chi connectivity index (χ0) is 4.99. The number of ether oxygens (including phenoxy) is 1. The molecular weight excluding hydrogens is 266 g/mol. The summed E-state index contributed by atoms with van der Waals surface area (Å²) in [5.74, 6) is -0.329. The van der Waals surface area contributed by atoms with E-state index in [1.165, 1.54) is 6.92 Å². The van der Waals surface area contributed by atoms with Gasteiger partial charge in [0.05, 0.1) is 6.26 Å². The molecule has 0 bridgehead atoms. The molecule has 0 aliphatic rings. The van der Waals surface area contributed by atoms with Crippen molar-refractivity contribution in [3.8, 4) is 0 Å². The summed E-state index contributed by atoms with van der Waals surface area (Å²) in [5, 5.41) is 0. The predicted molar refractivity (Wildman–Crippen MR) is 22.0 cm³/mol. The Kier molecular flexibility index (Phi) is 8.37. The largest absolute Gasteiger partial charge is 0.435 e. The van der Waals surface area contributed by atoms with E-state index in [9.17, 15) is 4.79 Å². The van der Waals surface area contributed by atoms with Gasteiger partial charge in [0.1, 0.15) is 0 Å². The molecule has 0 aromatic rings. The first kappa shape index (κ1) is 9.98. The van der Waals surface area contributed by atoms with Gasteiger partial charge in [0.15, 0.2) is 0 Å². The first-order chi connectivity index (χ1) is 2.77. The van der Waals surface area contributed by atoms with Crippen LogP contribution in [0.5, 0.6) is 0 Å². The van der Waals surface area contributed by atoms with Crippen molar-refractivity contribution in [2.75, 3.05) is 0 Å². The fraction of sp³-hybridized carbons (Fsp3) is 0.250. The van der Waals surface area contributed by atoms with Crippen molar-refractivity contribution < 1.29 is 30.0 Å². The Balaban J connectivity index is 0. The van der Waals surface area contributed by atoms with Crippen LogP contribution in [0.1, 0.15) is 6.92 Å². The monoisotopic (exact) mass is 273 g/mol. The molecule has 2 nitrogen and oxygen atoms in total. The van der Waals surface area contributed by atoms with Crippen molar-refractivity contribution in [2.45, 2.75) is 6.92 Å². The molecule has 0 amide bonds. The van der Waals surface area contributed by atoms with Gasteiger partial charge in [-0.05, 0) is 0 Å². The number of hydrogen-bond donors (Lipinski definition) is 0. The summed E-state index contributed by atoms with van der Waals surface area (Å²) in [6, 6.07) is 0. The number of rotatable bonds is 1. The van der Waals surface area contributed by atoms with Gasteiger partial charge in [0.25, 0.3) is 0 Å². The fourth-order valence-corrected chi connectivity index (χ4v) is 0.117. The molecule has 0 spiro atoms. The third-order valence-electron chi connectivity index (χ3n) is 0.249. The van der Waals surface area contributed by atoms with Gasteiger partial charge in [-0.15, -0.1) is 0 Å². The molecule has 0 aliphatic carbocycles. The third kappa shape index (κ3) is 10.7. The molecular formula is C4H6O2Re. The minimum atomic E-state index is -0.329. The quantitative estimate of drug-likeness (QED) is 0.518. The van der Waals surface area contributed by atoms with Crippen molar-refractivity contribution in [3.63, 3.8) is 0 Å². The van der Waals surface area contributed by atoms with Crippen LogP contribution in [0, 0.1) is 0 Å². The van der Waals surface area contributed by atoms with Gasteiger partial charge in [-0.25, -0.2) is 0 Å². The number of carbonyl (C=O) groups excluding carboxylic acids is 1. The molecule has 41 valence electrons. The Morgan fingerprint density at radius 2 is 2.29 bits per heavy atom. The predicted octanol–water partition coefficient (Wildman–Crippen LogP) is 0.690. The van der Waals surface area contributed by atoms with Gasteiger partial charge in [-0.3, -0.25) is 4.79 Å².